The van der Waals surface area contributed by atoms with Crippen molar-refractivity contribution in [1.29, 1.82) is 0 Å². The second kappa shape index (κ2) is 9.72. The minimum atomic E-state index is -4.74. The van der Waals surface area contributed by atoms with E-state index in [1.165, 1.54) is 12.1 Å². The molecule has 0 aromatic heterocycles. The van der Waals surface area contributed by atoms with Crippen molar-refractivity contribution >= 4 is 22.7 Å². The van der Waals surface area contributed by atoms with Gasteiger partial charge in [0.1, 0.15) is 11.6 Å². The smallest absolute Gasteiger partial charge is 0.406 e. The number of hydrogen-bond donors (Lipinski definition) is 3. The van der Waals surface area contributed by atoms with Crippen LogP contribution in [0, 0.1) is 5.92 Å². The highest BCUT2D eigenvalue weighted by molar-refractivity contribution is 7.79. The van der Waals surface area contributed by atoms with Gasteiger partial charge < -0.3 is 19.9 Å². The lowest BCUT2D eigenvalue weighted by Gasteiger charge is -2.19. The number of benzene rings is 2. The summed E-state index contributed by atoms with van der Waals surface area (Å²) in [7, 11) is 0. The molecule has 0 spiro atoms. The van der Waals surface area contributed by atoms with Crippen LogP contribution in [0.2, 0.25) is 0 Å². The van der Waals surface area contributed by atoms with Crippen molar-refractivity contribution in [2.24, 2.45) is 5.92 Å². The van der Waals surface area contributed by atoms with Crippen LogP contribution >= 0.6 is 0 Å². The maximum atomic E-state index is 12.9. The average Bonchev–Trinajstić information content (AvgIpc) is 3.44. The Hall–Kier alpha value is -2.59. The molecule has 4 atom stereocenters. The zero-order chi connectivity index (χ0) is 24.4. The van der Waals surface area contributed by atoms with Crippen LogP contribution in [0.5, 0.6) is 5.75 Å². The van der Waals surface area contributed by atoms with Crippen LogP contribution in [-0.2, 0) is 27.7 Å². The summed E-state index contributed by atoms with van der Waals surface area (Å²) >= 11 is -1.95. The Morgan fingerprint density at radius 1 is 1.27 bits per heavy atom. The van der Waals surface area contributed by atoms with E-state index in [-0.39, 0.29) is 29.5 Å². The lowest BCUT2D eigenvalue weighted by atomic mass is 9.95. The second-order valence-electron chi connectivity index (χ2n) is 8.39. The molecule has 6 nitrogen and oxygen atoms in total. The number of nitrogens with one attached hydrogen (secondary N) is 2. The molecule has 3 unspecified atom stereocenters. The minimum Gasteiger partial charge on any atom is -0.406 e. The molecule has 10 heteroatoms. The lowest BCUT2D eigenvalue weighted by molar-refractivity contribution is -0.274. The molecule has 1 amide bonds. The summed E-state index contributed by atoms with van der Waals surface area (Å²) in [6.07, 6.45) is -3.43. The van der Waals surface area contributed by atoms with Crippen LogP contribution in [0.1, 0.15) is 49.9 Å². The Balaban J connectivity index is 1.63. The van der Waals surface area contributed by atoms with Crippen LogP contribution in [-0.4, -0.2) is 26.9 Å². The maximum absolute atomic E-state index is 12.9. The molecule has 1 aliphatic rings. The molecule has 180 valence electrons. The van der Waals surface area contributed by atoms with Gasteiger partial charge in [-0.15, -0.1) is 13.2 Å². The van der Waals surface area contributed by atoms with Gasteiger partial charge in [0.25, 0.3) is 0 Å². The summed E-state index contributed by atoms with van der Waals surface area (Å²) in [6.45, 7) is 5.78. The predicted octanol–water partition coefficient (Wildman–Crippen LogP) is 4.89. The number of halogens is 3. The van der Waals surface area contributed by atoms with Crippen molar-refractivity contribution < 1.29 is 31.5 Å². The van der Waals surface area contributed by atoms with Crippen molar-refractivity contribution in [3.63, 3.8) is 0 Å². The fourth-order valence-corrected chi connectivity index (χ4v) is 4.27. The number of amides is 1. The van der Waals surface area contributed by atoms with Gasteiger partial charge in [-0.05, 0) is 54.7 Å². The van der Waals surface area contributed by atoms with Crippen LogP contribution in [0.4, 0.5) is 18.9 Å². The van der Waals surface area contributed by atoms with E-state index in [9.17, 15) is 22.2 Å². The first-order chi connectivity index (χ1) is 15.4. The van der Waals surface area contributed by atoms with Gasteiger partial charge >= 0.3 is 6.36 Å². The molecule has 33 heavy (non-hydrogen) atoms. The Bertz CT molecular complexity index is 1030. The summed E-state index contributed by atoms with van der Waals surface area (Å²) in [4.78, 5) is 12.9. The zero-order valence-corrected chi connectivity index (χ0v) is 19.3. The van der Waals surface area contributed by atoms with Crippen molar-refractivity contribution in [2.75, 3.05) is 11.2 Å². The Labute approximate surface area is 193 Å². The number of carbonyl (C=O) groups excluding carboxylic acids is 1. The van der Waals surface area contributed by atoms with Crippen LogP contribution in [0.15, 0.2) is 42.5 Å². The normalized spacial score (nSPS) is 21.7. The Morgan fingerprint density at radius 2 is 1.94 bits per heavy atom. The number of hydrogen-bond acceptors (Lipinski definition) is 4. The van der Waals surface area contributed by atoms with E-state index >= 15 is 0 Å². The quantitative estimate of drug-likeness (QED) is 0.441. The largest absolute Gasteiger partial charge is 0.573 e. The molecule has 2 aromatic carbocycles. The summed E-state index contributed by atoms with van der Waals surface area (Å²) in [5, 5.41) is 5.96. The molecule has 3 rings (SSSR count). The first-order valence-electron chi connectivity index (χ1n) is 10.5. The van der Waals surface area contributed by atoms with Crippen LogP contribution in [0.3, 0.4) is 0 Å². The van der Waals surface area contributed by atoms with Crippen LogP contribution < -0.4 is 15.4 Å². The van der Waals surface area contributed by atoms with Crippen molar-refractivity contribution in [2.45, 2.75) is 51.4 Å². The van der Waals surface area contributed by atoms with E-state index < -0.39 is 22.9 Å². The van der Waals surface area contributed by atoms with Gasteiger partial charge in [-0.25, -0.2) is 4.21 Å². The summed E-state index contributed by atoms with van der Waals surface area (Å²) in [6, 6.07) is 11.0. The van der Waals surface area contributed by atoms with Crippen molar-refractivity contribution in [3.8, 4) is 5.75 Å². The average molecular weight is 485 g/mol. The number of ether oxygens (including phenoxy) is 1. The number of rotatable bonds is 9. The highest BCUT2D eigenvalue weighted by atomic mass is 32.2. The molecule has 2 aromatic rings. The Morgan fingerprint density at radius 3 is 2.52 bits per heavy atom. The molecule has 1 saturated carbocycles. The van der Waals surface area contributed by atoms with E-state index in [1.54, 1.807) is 12.1 Å². The first kappa shape index (κ1) is 25.0. The number of anilines is 1. The number of aryl methyl sites for hydroxylation is 1. The predicted molar refractivity (Wildman–Crippen MR) is 120 cm³/mol. The van der Waals surface area contributed by atoms with Crippen molar-refractivity contribution in [1.82, 2.24) is 5.32 Å². The summed E-state index contributed by atoms with van der Waals surface area (Å²) < 4.78 is 60.9. The molecule has 0 heterocycles. The molecule has 3 N–H and O–H groups in total. The van der Waals surface area contributed by atoms with Crippen molar-refractivity contribution in [3.05, 3.63) is 59.2 Å². The van der Waals surface area contributed by atoms with E-state index in [4.69, 9.17) is 4.55 Å². The lowest BCUT2D eigenvalue weighted by Crippen LogP contribution is -2.30. The third-order valence-corrected chi connectivity index (χ3v) is 6.45. The molecule has 0 bridgehead atoms. The molecule has 1 aliphatic carbocycles. The van der Waals surface area contributed by atoms with E-state index in [0.717, 1.165) is 22.4 Å². The van der Waals surface area contributed by atoms with Gasteiger partial charge in [0, 0.05) is 17.0 Å². The van der Waals surface area contributed by atoms with Crippen LogP contribution in [0.25, 0.3) is 0 Å². The fourth-order valence-electron chi connectivity index (χ4n) is 3.99. The molecule has 0 saturated heterocycles. The SMILES string of the molecule is CCc1cc([C@@H](C)NC(=O)C2CC2(C)c2ccc(OC(F)(F)F)cc2)ccc1NCS(=O)O. The van der Waals surface area contributed by atoms with E-state index in [0.29, 0.717) is 12.8 Å². The summed E-state index contributed by atoms with van der Waals surface area (Å²) in [5.74, 6) is -0.751. The molecular weight excluding hydrogens is 457 g/mol. The third-order valence-electron chi connectivity index (χ3n) is 6.06. The Kier molecular flexibility index (Phi) is 7.38. The number of alkyl halides is 3. The van der Waals surface area contributed by atoms with Gasteiger partial charge in [-0.2, -0.15) is 0 Å². The summed E-state index contributed by atoms with van der Waals surface area (Å²) in [5.41, 5.74) is 3.00. The van der Waals surface area contributed by atoms with E-state index in [2.05, 4.69) is 15.4 Å². The maximum Gasteiger partial charge on any atom is 0.573 e. The monoisotopic (exact) mass is 484 g/mol. The topological polar surface area (TPSA) is 87.7 Å². The zero-order valence-electron chi connectivity index (χ0n) is 18.5. The standard InChI is InChI=1S/C23H27F3N2O4S/c1-4-15-11-16(5-10-20(15)27-13-33(30)31)14(2)28-21(29)19-12-22(19,3)17-6-8-18(9-7-17)32-23(24,25)26/h5-11,14,19,27H,4,12-13H2,1-3H3,(H,28,29)(H,30,31)/t14-,19?,22?/m1/s1. The highest BCUT2D eigenvalue weighted by Crippen LogP contribution is 2.54. The fraction of sp³-hybridized carbons (Fsp3) is 0.435. The molecule has 1 fully saturated rings. The van der Waals surface area contributed by atoms with E-state index in [1.807, 2.05) is 39.0 Å². The molecular formula is C23H27F3N2O4S. The number of carbonyl (C=O) groups is 1. The second-order valence-corrected chi connectivity index (χ2v) is 9.32. The molecule has 0 aliphatic heterocycles. The van der Waals surface area contributed by atoms with Gasteiger partial charge in [0.05, 0.1) is 6.04 Å². The minimum absolute atomic E-state index is 0.0673. The van der Waals surface area contributed by atoms with Gasteiger partial charge in [0.15, 0.2) is 11.1 Å². The van der Waals surface area contributed by atoms with Gasteiger partial charge in [0.2, 0.25) is 5.91 Å². The first-order valence-corrected chi connectivity index (χ1v) is 11.8. The third kappa shape index (κ3) is 6.26. The highest BCUT2D eigenvalue weighted by Gasteiger charge is 2.55. The molecule has 0 radical (unpaired) electrons. The van der Waals surface area contributed by atoms with Gasteiger partial charge in [-0.1, -0.05) is 38.1 Å². The van der Waals surface area contributed by atoms with Gasteiger partial charge in [-0.3, -0.25) is 4.79 Å².